The van der Waals surface area contributed by atoms with Gasteiger partial charge in [0.25, 0.3) is 0 Å². The molecule has 0 aliphatic carbocycles. The monoisotopic (exact) mass is 506 g/mol. The number of aliphatic hydroxyl groups is 1. The molecule has 1 rings (SSSR count). The van der Waals surface area contributed by atoms with Gasteiger partial charge in [0.15, 0.2) is 31.2 Å². The molecule has 0 radical (unpaired) electrons. The van der Waals surface area contributed by atoms with Gasteiger partial charge in [0.1, 0.15) is 6.10 Å². The van der Waals surface area contributed by atoms with E-state index in [0.717, 1.165) is 0 Å². The molecule has 5 nitrogen and oxygen atoms in total. The Labute approximate surface area is 202 Å². The molecule has 1 heterocycles. The fourth-order valence-electron chi connectivity index (χ4n) is 2.89. The van der Waals surface area contributed by atoms with Crippen molar-refractivity contribution in [2.75, 3.05) is 6.61 Å². The molecule has 1 fully saturated rings. The molecule has 0 unspecified atom stereocenters. The number of hydrogen-bond acceptors (Lipinski definition) is 5. The van der Waals surface area contributed by atoms with Crippen molar-refractivity contribution in [3.63, 3.8) is 0 Å². The molecular weight excluding hydrogens is 453 g/mol. The van der Waals surface area contributed by atoms with E-state index < -0.39 is 31.2 Å². The summed E-state index contributed by atoms with van der Waals surface area (Å²) in [5.74, 6) is 0. The Bertz CT molecular complexity index is 615. The minimum atomic E-state index is -2.10. The normalized spacial score (nSPS) is 27.0. The van der Waals surface area contributed by atoms with E-state index in [1.54, 1.807) is 0 Å². The Morgan fingerprint density at radius 3 is 1.53 bits per heavy atom. The van der Waals surface area contributed by atoms with Gasteiger partial charge in [-0.25, -0.2) is 0 Å². The summed E-state index contributed by atoms with van der Waals surface area (Å²) in [4.78, 5) is 0. The summed E-state index contributed by atoms with van der Waals surface area (Å²) in [5.41, 5.74) is 0. The van der Waals surface area contributed by atoms with Crippen LogP contribution in [-0.2, 0) is 18.0 Å². The number of aliphatic hydroxyl groups excluding tert-OH is 1. The van der Waals surface area contributed by atoms with Crippen LogP contribution in [0.5, 0.6) is 0 Å². The molecule has 1 aliphatic heterocycles. The molecule has 4 atom stereocenters. The highest BCUT2D eigenvalue weighted by atomic mass is 28.4. The standard InChI is InChI=1S/C24H54O5Si3/c1-22(2,3)30(10,11)26-17-19-21(29-32(14,15)24(7,8)9)18(16-20(25)27-19)28-31(12,13)23(4,5)6/h18-21,25H,16-17H2,1-15H3/t18-,19-,20+,21+/m1/s1. The lowest BCUT2D eigenvalue weighted by molar-refractivity contribution is -0.232. The lowest BCUT2D eigenvalue weighted by atomic mass is 10.0. The van der Waals surface area contributed by atoms with Crippen molar-refractivity contribution in [3.8, 4) is 0 Å². The highest BCUT2D eigenvalue weighted by Crippen LogP contribution is 2.43. The summed E-state index contributed by atoms with van der Waals surface area (Å²) in [6, 6.07) is 0. The predicted molar refractivity (Wildman–Crippen MR) is 143 cm³/mol. The van der Waals surface area contributed by atoms with E-state index in [1.165, 1.54) is 0 Å². The quantitative estimate of drug-likeness (QED) is 0.381. The highest BCUT2D eigenvalue weighted by molar-refractivity contribution is 6.75. The van der Waals surface area contributed by atoms with Gasteiger partial charge in [0, 0.05) is 6.42 Å². The molecular formula is C24H54O5Si3. The molecule has 0 spiro atoms. The molecule has 8 heteroatoms. The molecule has 0 aromatic rings. The fraction of sp³-hybridized carbons (Fsp3) is 1.00. The zero-order valence-electron chi connectivity index (χ0n) is 23.8. The Morgan fingerprint density at radius 1 is 0.719 bits per heavy atom. The second kappa shape index (κ2) is 9.84. The molecule has 1 aliphatic rings. The third-order valence-corrected chi connectivity index (χ3v) is 21.9. The molecule has 0 bridgehead atoms. The van der Waals surface area contributed by atoms with E-state index in [4.69, 9.17) is 18.0 Å². The summed E-state index contributed by atoms with van der Waals surface area (Å²) in [7, 11) is -6.14. The first-order chi connectivity index (χ1) is 13.9. The topological polar surface area (TPSA) is 57.2 Å². The second-order valence-electron chi connectivity index (χ2n) is 14.2. The summed E-state index contributed by atoms with van der Waals surface area (Å²) >= 11 is 0. The summed E-state index contributed by atoms with van der Waals surface area (Å²) < 4.78 is 26.5. The van der Waals surface area contributed by atoms with E-state index in [1.807, 2.05) is 0 Å². The minimum Gasteiger partial charge on any atom is -0.414 e. The van der Waals surface area contributed by atoms with Crippen molar-refractivity contribution < 1.29 is 23.1 Å². The number of hydrogen-bond donors (Lipinski definition) is 1. The first-order valence-electron chi connectivity index (χ1n) is 12.2. The van der Waals surface area contributed by atoms with Crippen molar-refractivity contribution in [3.05, 3.63) is 0 Å². The van der Waals surface area contributed by atoms with Gasteiger partial charge in [-0.2, -0.15) is 0 Å². The van der Waals surface area contributed by atoms with Crippen LogP contribution in [0.15, 0.2) is 0 Å². The van der Waals surface area contributed by atoms with Gasteiger partial charge in [-0.3, -0.25) is 0 Å². The molecule has 0 aromatic heterocycles. The molecule has 32 heavy (non-hydrogen) atoms. The zero-order chi connectivity index (χ0) is 25.6. The van der Waals surface area contributed by atoms with Crippen molar-refractivity contribution in [2.24, 2.45) is 0 Å². The van der Waals surface area contributed by atoms with E-state index in [9.17, 15) is 5.11 Å². The van der Waals surface area contributed by atoms with Crippen LogP contribution in [0.25, 0.3) is 0 Å². The summed E-state index contributed by atoms with van der Waals surface area (Å²) in [6.45, 7) is 34.2. The number of ether oxygens (including phenoxy) is 1. The van der Waals surface area contributed by atoms with E-state index >= 15 is 0 Å². The Hall–Kier alpha value is 0.451. The lowest BCUT2D eigenvalue weighted by Gasteiger charge is -2.50. The minimum absolute atomic E-state index is 0.0649. The van der Waals surface area contributed by atoms with Crippen LogP contribution in [0.2, 0.25) is 54.4 Å². The van der Waals surface area contributed by atoms with Crippen LogP contribution in [0, 0.1) is 0 Å². The molecule has 0 amide bonds. The molecule has 192 valence electrons. The maximum atomic E-state index is 10.6. The van der Waals surface area contributed by atoms with Crippen molar-refractivity contribution in [2.45, 2.75) is 148 Å². The lowest BCUT2D eigenvalue weighted by Crippen LogP contribution is -2.61. The Kier molecular flexibility index (Phi) is 9.37. The first-order valence-corrected chi connectivity index (χ1v) is 21.0. The van der Waals surface area contributed by atoms with Crippen LogP contribution in [0.4, 0.5) is 0 Å². The van der Waals surface area contributed by atoms with E-state index in [0.29, 0.717) is 13.0 Å². The van der Waals surface area contributed by atoms with Gasteiger partial charge in [-0.15, -0.1) is 0 Å². The molecule has 0 saturated carbocycles. The van der Waals surface area contributed by atoms with Gasteiger partial charge in [-0.1, -0.05) is 62.3 Å². The van der Waals surface area contributed by atoms with Crippen LogP contribution < -0.4 is 0 Å². The van der Waals surface area contributed by atoms with Gasteiger partial charge >= 0.3 is 0 Å². The van der Waals surface area contributed by atoms with Gasteiger partial charge in [0.05, 0.1) is 18.8 Å². The second-order valence-corrected chi connectivity index (χ2v) is 28.5. The van der Waals surface area contributed by atoms with Gasteiger partial charge < -0.3 is 23.1 Å². The Balaban J connectivity index is 3.29. The molecule has 1 saturated heterocycles. The summed E-state index contributed by atoms with van der Waals surface area (Å²) in [6.07, 6.45) is -1.24. The van der Waals surface area contributed by atoms with Gasteiger partial charge in [-0.05, 0) is 54.4 Å². The zero-order valence-corrected chi connectivity index (χ0v) is 26.8. The fourth-order valence-corrected chi connectivity index (χ4v) is 6.58. The van der Waals surface area contributed by atoms with E-state index in [-0.39, 0.29) is 33.4 Å². The first kappa shape index (κ1) is 30.5. The summed E-state index contributed by atoms with van der Waals surface area (Å²) in [5, 5.41) is 10.9. The average molecular weight is 507 g/mol. The van der Waals surface area contributed by atoms with Gasteiger partial charge in [0.2, 0.25) is 0 Å². The molecule has 0 aromatic carbocycles. The predicted octanol–water partition coefficient (Wildman–Crippen LogP) is 6.90. The average Bonchev–Trinajstić information content (AvgIpc) is 2.52. The Morgan fingerprint density at radius 2 is 1.12 bits per heavy atom. The highest BCUT2D eigenvalue weighted by Gasteiger charge is 2.50. The van der Waals surface area contributed by atoms with E-state index in [2.05, 4.69) is 102 Å². The van der Waals surface area contributed by atoms with Crippen LogP contribution >= 0.6 is 0 Å². The van der Waals surface area contributed by atoms with Crippen molar-refractivity contribution in [1.82, 2.24) is 0 Å². The number of rotatable bonds is 7. The van der Waals surface area contributed by atoms with Crippen molar-refractivity contribution in [1.29, 1.82) is 0 Å². The van der Waals surface area contributed by atoms with Crippen molar-refractivity contribution >= 4 is 25.0 Å². The maximum Gasteiger partial charge on any atom is 0.192 e. The largest absolute Gasteiger partial charge is 0.414 e. The smallest absolute Gasteiger partial charge is 0.192 e. The van der Waals surface area contributed by atoms with Crippen LogP contribution in [0.1, 0.15) is 68.7 Å². The molecule has 1 N–H and O–H groups in total. The third kappa shape index (κ3) is 7.47. The maximum absolute atomic E-state index is 10.6. The SMILES string of the molecule is CC(C)(C)[Si](C)(C)OC[C@H]1O[C@H](O)C[C@@H](O[Si](C)(C)C(C)(C)C)[C@@H]1O[Si](C)(C)C(C)(C)C. The van der Waals surface area contributed by atoms with Crippen LogP contribution in [-0.4, -0.2) is 61.3 Å². The third-order valence-electron chi connectivity index (χ3n) is 8.40. The van der Waals surface area contributed by atoms with Crippen LogP contribution in [0.3, 0.4) is 0 Å².